The molecule has 1 rings (SSSR count). The fourth-order valence-electron chi connectivity index (χ4n) is 1.25. The Hall–Kier alpha value is -1.11. The SMILES string of the molecule is CN(C(C)(C)CO)S(=O)(=O)c1ccccc1O. The topological polar surface area (TPSA) is 77.8 Å². The first-order chi connectivity index (χ1) is 7.73. The summed E-state index contributed by atoms with van der Waals surface area (Å²) in [5.41, 5.74) is -0.929. The number of hydrogen-bond donors (Lipinski definition) is 2. The van der Waals surface area contributed by atoms with Gasteiger partial charge in [-0.2, -0.15) is 4.31 Å². The van der Waals surface area contributed by atoms with Crippen molar-refractivity contribution >= 4 is 10.0 Å². The highest BCUT2D eigenvalue weighted by atomic mass is 32.2. The number of benzene rings is 1. The number of para-hydroxylation sites is 1. The summed E-state index contributed by atoms with van der Waals surface area (Å²) in [7, 11) is -2.44. The van der Waals surface area contributed by atoms with Crippen molar-refractivity contribution in [3.63, 3.8) is 0 Å². The summed E-state index contributed by atoms with van der Waals surface area (Å²) < 4.78 is 25.5. The third-order valence-corrected chi connectivity index (χ3v) is 4.86. The van der Waals surface area contributed by atoms with Crippen molar-refractivity contribution in [2.75, 3.05) is 13.7 Å². The van der Waals surface area contributed by atoms with Gasteiger partial charge in [0.25, 0.3) is 0 Å². The lowest BCUT2D eigenvalue weighted by molar-refractivity contribution is 0.137. The molecule has 2 N–H and O–H groups in total. The lowest BCUT2D eigenvalue weighted by Crippen LogP contribution is -2.47. The van der Waals surface area contributed by atoms with E-state index in [2.05, 4.69) is 0 Å². The van der Waals surface area contributed by atoms with Crippen molar-refractivity contribution < 1.29 is 18.6 Å². The van der Waals surface area contributed by atoms with Crippen molar-refractivity contribution in [1.82, 2.24) is 4.31 Å². The number of phenols is 1. The summed E-state index contributed by atoms with van der Waals surface area (Å²) >= 11 is 0. The zero-order valence-corrected chi connectivity index (χ0v) is 10.9. The third kappa shape index (κ3) is 2.59. The molecule has 0 unspecified atom stereocenters. The van der Waals surface area contributed by atoms with Gasteiger partial charge in [0.1, 0.15) is 10.6 Å². The second-order valence-corrected chi connectivity index (χ2v) is 6.35. The molecule has 0 aromatic heterocycles. The number of likely N-dealkylation sites (N-methyl/N-ethyl adjacent to an activating group) is 1. The van der Waals surface area contributed by atoms with E-state index in [9.17, 15) is 18.6 Å². The lowest BCUT2D eigenvalue weighted by atomic mass is 10.1. The van der Waals surface area contributed by atoms with E-state index in [0.29, 0.717) is 0 Å². The predicted octanol–water partition coefficient (Wildman–Crippen LogP) is 0.784. The minimum absolute atomic E-state index is 0.163. The van der Waals surface area contributed by atoms with E-state index < -0.39 is 15.6 Å². The highest BCUT2D eigenvalue weighted by Gasteiger charge is 2.34. The number of rotatable bonds is 4. The van der Waals surface area contributed by atoms with Crippen LogP contribution in [-0.2, 0) is 10.0 Å². The summed E-state index contributed by atoms with van der Waals surface area (Å²) in [6.45, 7) is 2.89. The van der Waals surface area contributed by atoms with Crippen LogP contribution in [0.15, 0.2) is 29.2 Å². The number of phenolic OH excluding ortho intramolecular Hbond substituents is 1. The van der Waals surface area contributed by atoms with Gasteiger partial charge in [-0.15, -0.1) is 0 Å². The summed E-state index contributed by atoms with van der Waals surface area (Å²) in [5.74, 6) is -0.298. The minimum atomic E-state index is -3.82. The highest BCUT2D eigenvalue weighted by Crippen LogP contribution is 2.28. The number of aromatic hydroxyl groups is 1. The van der Waals surface area contributed by atoms with Crippen LogP contribution in [0.25, 0.3) is 0 Å². The minimum Gasteiger partial charge on any atom is -0.507 e. The molecule has 0 aliphatic rings. The fourth-order valence-corrected chi connectivity index (χ4v) is 2.83. The maximum Gasteiger partial charge on any atom is 0.247 e. The lowest BCUT2D eigenvalue weighted by Gasteiger charge is -2.32. The Labute approximate surface area is 101 Å². The second-order valence-electron chi connectivity index (χ2n) is 4.41. The molecule has 0 atom stereocenters. The zero-order valence-electron chi connectivity index (χ0n) is 10.1. The van der Waals surface area contributed by atoms with E-state index >= 15 is 0 Å². The van der Waals surface area contributed by atoms with Crippen LogP contribution < -0.4 is 0 Å². The van der Waals surface area contributed by atoms with Gasteiger partial charge < -0.3 is 10.2 Å². The van der Waals surface area contributed by atoms with Gasteiger partial charge in [-0.1, -0.05) is 12.1 Å². The van der Waals surface area contributed by atoms with Gasteiger partial charge in [0, 0.05) is 7.05 Å². The molecule has 96 valence electrons. The monoisotopic (exact) mass is 259 g/mol. The fraction of sp³-hybridized carbons (Fsp3) is 0.455. The first kappa shape index (κ1) is 14.0. The van der Waals surface area contributed by atoms with Gasteiger partial charge in [0.15, 0.2) is 0 Å². The van der Waals surface area contributed by atoms with Gasteiger partial charge in [0.2, 0.25) is 10.0 Å². The number of aliphatic hydroxyl groups excluding tert-OH is 1. The number of nitrogens with zero attached hydrogens (tertiary/aromatic N) is 1. The first-order valence-corrected chi connectivity index (χ1v) is 6.55. The standard InChI is InChI=1S/C11H17NO4S/c1-11(2,8-13)12(3)17(15,16)10-7-5-4-6-9(10)14/h4-7,13-14H,8H2,1-3H3. The molecule has 0 spiro atoms. The molecule has 0 saturated carbocycles. The largest absolute Gasteiger partial charge is 0.507 e. The molecule has 17 heavy (non-hydrogen) atoms. The molecule has 1 aromatic carbocycles. The van der Waals surface area contributed by atoms with Crippen LogP contribution in [-0.4, -0.2) is 42.1 Å². The van der Waals surface area contributed by atoms with Crippen LogP contribution in [0, 0.1) is 0 Å². The average molecular weight is 259 g/mol. The number of aliphatic hydroxyl groups is 1. The van der Waals surface area contributed by atoms with Crippen molar-refractivity contribution in [1.29, 1.82) is 0 Å². The molecule has 0 aliphatic carbocycles. The van der Waals surface area contributed by atoms with Gasteiger partial charge in [-0.3, -0.25) is 0 Å². The molecule has 0 radical (unpaired) electrons. The van der Waals surface area contributed by atoms with E-state index in [1.54, 1.807) is 19.9 Å². The van der Waals surface area contributed by atoms with Gasteiger partial charge in [-0.05, 0) is 26.0 Å². The maximum absolute atomic E-state index is 12.2. The predicted molar refractivity (Wildman–Crippen MR) is 64.2 cm³/mol. The molecule has 0 fully saturated rings. The smallest absolute Gasteiger partial charge is 0.247 e. The molecule has 0 heterocycles. The Morgan fingerprint density at radius 2 is 1.82 bits per heavy atom. The average Bonchev–Trinajstić information content (AvgIpc) is 2.28. The van der Waals surface area contributed by atoms with Crippen molar-refractivity contribution in [2.45, 2.75) is 24.3 Å². The molecular weight excluding hydrogens is 242 g/mol. The Kier molecular flexibility index (Phi) is 3.81. The highest BCUT2D eigenvalue weighted by molar-refractivity contribution is 7.89. The summed E-state index contributed by atoms with van der Waals surface area (Å²) in [6.07, 6.45) is 0. The van der Waals surface area contributed by atoms with Gasteiger partial charge >= 0.3 is 0 Å². The normalized spacial score (nSPS) is 13.0. The summed E-state index contributed by atoms with van der Waals surface area (Å²) in [5, 5.41) is 18.7. The summed E-state index contributed by atoms with van der Waals surface area (Å²) in [4.78, 5) is -0.163. The van der Waals surface area contributed by atoms with Crippen LogP contribution in [0.1, 0.15) is 13.8 Å². The van der Waals surface area contributed by atoms with Crippen molar-refractivity contribution in [2.24, 2.45) is 0 Å². The molecule has 0 aliphatic heterocycles. The van der Waals surface area contributed by atoms with Crippen molar-refractivity contribution in [3.05, 3.63) is 24.3 Å². The molecule has 0 amide bonds. The molecule has 0 saturated heterocycles. The number of sulfonamides is 1. The van der Waals surface area contributed by atoms with E-state index in [0.717, 1.165) is 4.31 Å². The Morgan fingerprint density at radius 1 is 1.29 bits per heavy atom. The van der Waals surface area contributed by atoms with Gasteiger partial charge in [-0.25, -0.2) is 8.42 Å². The van der Waals surface area contributed by atoms with Gasteiger partial charge in [0.05, 0.1) is 12.1 Å². The van der Waals surface area contributed by atoms with E-state index in [4.69, 9.17) is 0 Å². The van der Waals surface area contributed by atoms with Crippen LogP contribution in [0.4, 0.5) is 0 Å². The van der Waals surface area contributed by atoms with E-state index in [1.807, 2.05) is 0 Å². The first-order valence-electron chi connectivity index (χ1n) is 5.11. The zero-order chi connectivity index (χ0) is 13.3. The molecule has 1 aromatic rings. The van der Waals surface area contributed by atoms with Crippen LogP contribution in [0.5, 0.6) is 5.75 Å². The van der Waals surface area contributed by atoms with Crippen LogP contribution >= 0.6 is 0 Å². The quantitative estimate of drug-likeness (QED) is 0.837. The van der Waals surface area contributed by atoms with E-state index in [1.165, 1.54) is 25.2 Å². The third-order valence-electron chi connectivity index (χ3n) is 2.74. The molecular formula is C11H17NO4S. The summed E-state index contributed by atoms with van der Waals surface area (Å²) in [6, 6.07) is 5.72. The molecule has 6 heteroatoms. The maximum atomic E-state index is 12.2. The Bertz CT molecular complexity index is 496. The Morgan fingerprint density at radius 3 is 2.29 bits per heavy atom. The second kappa shape index (κ2) is 4.64. The van der Waals surface area contributed by atoms with Crippen LogP contribution in [0.3, 0.4) is 0 Å². The van der Waals surface area contributed by atoms with E-state index in [-0.39, 0.29) is 17.3 Å². The molecule has 0 bridgehead atoms. The Balaban J connectivity index is 3.26. The van der Waals surface area contributed by atoms with Crippen LogP contribution in [0.2, 0.25) is 0 Å². The van der Waals surface area contributed by atoms with Crippen molar-refractivity contribution in [3.8, 4) is 5.75 Å². The number of hydrogen-bond acceptors (Lipinski definition) is 4. The molecule has 5 nitrogen and oxygen atoms in total.